The third-order valence-electron chi connectivity index (χ3n) is 3.23. The Bertz CT molecular complexity index is 455. The molecule has 1 atom stereocenters. The summed E-state index contributed by atoms with van der Waals surface area (Å²) in [4.78, 5) is 14.1. The third-order valence-corrected chi connectivity index (χ3v) is 3.23. The van der Waals surface area contributed by atoms with Gasteiger partial charge in [0.05, 0.1) is 19.6 Å². The van der Waals surface area contributed by atoms with E-state index in [1.54, 1.807) is 18.9 Å². The topological polar surface area (TPSA) is 49.8 Å². The van der Waals surface area contributed by atoms with Crippen LogP contribution in [0.3, 0.4) is 0 Å². The lowest BCUT2D eigenvalue weighted by atomic mass is 10.1. The van der Waals surface area contributed by atoms with Crippen LogP contribution in [0.4, 0.5) is 0 Å². The van der Waals surface area contributed by atoms with Gasteiger partial charge in [-0.1, -0.05) is 12.1 Å². The molecule has 20 heavy (non-hydrogen) atoms. The number of benzene rings is 1. The van der Waals surface area contributed by atoms with E-state index >= 15 is 0 Å². The monoisotopic (exact) mass is 279 g/mol. The molecule has 4 nitrogen and oxygen atoms in total. The number of methoxy groups -OCH3 is 1. The number of aryl methyl sites for hydroxylation is 1. The second-order valence-corrected chi connectivity index (χ2v) is 5.47. The zero-order chi connectivity index (χ0) is 15.3. The zero-order valence-electron chi connectivity index (χ0n) is 13.0. The number of rotatable bonds is 6. The van der Waals surface area contributed by atoms with E-state index < -0.39 is 6.10 Å². The van der Waals surface area contributed by atoms with Gasteiger partial charge in [0.15, 0.2) is 0 Å². The molecule has 1 unspecified atom stereocenters. The fraction of sp³-hybridized carbons (Fsp3) is 0.562. The van der Waals surface area contributed by atoms with Crippen molar-refractivity contribution in [3.05, 3.63) is 29.3 Å². The Morgan fingerprint density at radius 3 is 2.50 bits per heavy atom. The molecule has 1 aromatic rings. The maximum atomic E-state index is 12.3. The Labute approximate surface area is 121 Å². The fourth-order valence-corrected chi connectivity index (χ4v) is 2.14. The van der Waals surface area contributed by atoms with Gasteiger partial charge in [-0.2, -0.15) is 0 Å². The number of hydrogen-bond donors (Lipinski definition) is 1. The van der Waals surface area contributed by atoms with Gasteiger partial charge in [0.2, 0.25) is 5.91 Å². The molecule has 1 N–H and O–H groups in total. The molecule has 4 heteroatoms. The van der Waals surface area contributed by atoms with E-state index in [0.29, 0.717) is 13.0 Å². The number of hydrogen-bond acceptors (Lipinski definition) is 3. The highest BCUT2D eigenvalue weighted by Crippen LogP contribution is 2.20. The van der Waals surface area contributed by atoms with Crippen LogP contribution in [-0.4, -0.2) is 41.7 Å². The maximum absolute atomic E-state index is 12.3. The predicted octanol–water partition coefficient (Wildman–Crippen LogP) is 2.16. The molecule has 0 saturated carbocycles. The minimum Gasteiger partial charge on any atom is -0.496 e. The number of carbonyl (C=O) groups is 1. The van der Waals surface area contributed by atoms with Crippen molar-refractivity contribution in [3.63, 3.8) is 0 Å². The van der Waals surface area contributed by atoms with Crippen LogP contribution in [0.15, 0.2) is 18.2 Å². The summed E-state index contributed by atoms with van der Waals surface area (Å²) in [7, 11) is 1.63. The molecule has 1 rings (SSSR count). The molecule has 0 heterocycles. The van der Waals surface area contributed by atoms with Crippen molar-refractivity contribution in [2.24, 2.45) is 0 Å². The standard InChI is InChI=1S/C16H25NO3/c1-11(2)17(10-13(4)18)16(19)9-14-7-6-12(3)15(8-14)20-5/h6-8,11,13,18H,9-10H2,1-5H3. The highest BCUT2D eigenvalue weighted by atomic mass is 16.5. The largest absolute Gasteiger partial charge is 0.496 e. The van der Waals surface area contributed by atoms with Crippen molar-refractivity contribution in [1.29, 1.82) is 0 Å². The summed E-state index contributed by atoms with van der Waals surface area (Å²) in [5.74, 6) is 0.814. The zero-order valence-corrected chi connectivity index (χ0v) is 13.0. The molecule has 0 fully saturated rings. The second-order valence-electron chi connectivity index (χ2n) is 5.47. The van der Waals surface area contributed by atoms with Gasteiger partial charge in [-0.05, 0) is 44.9 Å². The van der Waals surface area contributed by atoms with E-state index in [-0.39, 0.29) is 11.9 Å². The van der Waals surface area contributed by atoms with Crippen LogP contribution in [-0.2, 0) is 11.2 Å². The predicted molar refractivity (Wildman–Crippen MR) is 80.0 cm³/mol. The smallest absolute Gasteiger partial charge is 0.227 e. The van der Waals surface area contributed by atoms with Crippen LogP contribution >= 0.6 is 0 Å². The van der Waals surface area contributed by atoms with Crippen LogP contribution in [0.2, 0.25) is 0 Å². The number of aliphatic hydroxyl groups excluding tert-OH is 1. The second kappa shape index (κ2) is 7.29. The van der Waals surface area contributed by atoms with Crippen LogP contribution in [0, 0.1) is 6.92 Å². The Kier molecular flexibility index (Phi) is 6.02. The van der Waals surface area contributed by atoms with Gasteiger partial charge in [0.1, 0.15) is 5.75 Å². The molecule has 0 bridgehead atoms. The number of carbonyl (C=O) groups excluding carboxylic acids is 1. The minimum absolute atomic E-state index is 0.0202. The molecule has 0 spiro atoms. The van der Waals surface area contributed by atoms with E-state index in [1.807, 2.05) is 39.0 Å². The molecule has 0 aliphatic carbocycles. The van der Waals surface area contributed by atoms with Crippen molar-refractivity contribution >= 4 is 5.91 Å². The summed E-state index contributed by atoms with van der Waals surface area (Å²) >= 11 is 0. The fourth-order valence-electron chi connectivity index (χ4n) is 2.14. The minimum atomic E-state index is -0.520. The van der Waals surface area contributed by atoms with Crippen molar-refractivity contribution in [3.8, 4) is 5.75 Å². The summed E-state index contributed by atoms with van der Waals surface area (Å²) in [6, 6.07) is 5.87. The molecule has 0 radical (unpaired) electrons. The van der Waals surface area contributed by atoms with Crippen LogP contribution in [0.25, 0.3) is 0 Å². The van der Waals surface area contributed by atoms with E-state index in [2.05, 4.69) is 0 Å². The van der Waals surface area contributed by atoms with Gasteiger partial charge >= 0.3 is 0 Å². The molecular formula is C16H25NO3. The van der Waals surface area contributed by atoms with Crippen LogP contribution in [0.5, 0.6) is 5.75 Å². The summed E-state index contributed by atoms with van der Waals surface area (Å²) in [6.07, 6.45) is -0.199. The van der Waals surface area contributed by atoms with E-state index in [4.69, 9.17) is 4.74 Å². The summed E-state index contributed by atoms with van der Waals surface area (Å²) < 4.78 is 5.27. The van der Waals surface area contributed by atoms with Crippen molar-refractivity contribution in [2.75, 3.05) is 13.7 Å². The van der Waals surface area contributed by atoms with Crippen molar-refractivity contribution < 1.29 is 14.6 Å². The molecule has 1 aromatic carbocycles. The van der Waals surface area contributed by atoms with Gasteiger partial charge < -0.3 is 14.7 Å². The Morgan fingerprint density at radius 1 is 1.35 bits per heavy atom. The molecule has 0 aromatic heterocycles. The quantitative estimate of drug-likeness (QED) is 0.868. The Hall–Kier alpha value is -1.55. The van der Waals surface area contributed by atoms with Crippen molar-refractivity contribution in [1.82, 2.24) is 4.90 Å². The summed E-state index contributed by atoms with van der Waals surface area (Å²) in [6.45, 7) is 7.93. The van der Waals surface area contributed by atoms with Gasteiger partial charge in [-0.25, -0.2) is 0 Å². The maximum Gasteiger partial charge on any atom is 0.227 e. The van der Waals surface area contributed by atoms with Gasteiger partial charge in [0, 0.05) is 12.6 Å². The molecule has 0 saturated heterocycles. The molecule has 0 aliphatic rings. The summed E-state index contributed by atoms with van der Waals surface area (Å²) in [5.41, 5.74) is 1.97. The lowest BCUT2D eigenvalue weighted by Gasteiger charge is -2.28. The van der Waals surface area contributed by atoms with Gasteiger partial charge in [-0.15, -0.1) is 0 Å². The van der Waals surface area contributed by atoms with E-state index in [1.165, 1.54) is 0 Å². The lowest BCUT2D eigenvalue weighted by molar-refractivity contribution is -0.133. The first-order chi connectivity index (χ1) is 9.35. The average Bonchev–Trinajstić information content (AvgIpc) is 2.37. The highest BCUT2D eigenvalue weighted by Gasteiger charge is 2.19. The van der Waals surface area contributed by atoms with Gasteiger partial charge in [-0.3, -0.25) is 4.79 Å². The highest BCUT2D eigenvalue weighted by molar-refractivity contribution is 5.79. The molecular weight excluding hydrogens is 254 g/mol. The Morgan fingerprint density at radius 2 is 2.00 bits per heavy atom. The van der Waals surface area contributed by atoms with Crippen LogP contribution < -0.4 is 4.74 Å². The molecule has 112 valence electrons. The van der Waals surface area contributed by atoms with Crippen LogP contribution in [0.1, 0.15) is 31.9 Å². The summed E-state index contributed by atoms with van der Waals surface area (Å²) in [5, 5.41) is 9.49. The number of ether oxygens (including phenoxy) is 1. The normalized spacial score (nSPS) is 12.3. The molecule has 0 aliphatic heterocycles. The molecule has 1 amide bonds. The lowest BCUT2D eigenvalue weighted by Crippen LogP contribution is -2.42. The van der Waals surface area contributed by atoms with Crippen molar-refractivity contribution in [2.45, 2.75) is 46.3 Å². The first kappa shape index (κ1) is 16.5. The first-order valence-electron chi connectivity index (χ1n) is 6.96. The number of amides is 1. The average molecular weight is 279 g/mol. The van der Waals surface area contributed by atoms with E-state index in [0.717, 1.165) is 16.9 Å². The number of aliphatic hydroxyl groups is 1. The van der Waals surface area contributed by atoms with Gasteiger partial charge in [0.25, 0.3) is 0 Å². The first-order valence-corrected chi connectivity index (χ1v) is 6.96. The SMILES string of the molecule is COc1cc(CC(=O)N(CC(C)O)C(C)C)ccc1C. The number of nitrogens with zero attached hydrogens (tertiary/aromatic N) is 1. The Balaban J connectivity index is 2.82. The van der Waals surface area contributed by atoms with E-state index in [9.17, 15) is 9.90 Å². The third kappa shape index (κ3) is 4.53.